The summed E-state index contributed by atoms with van der Waals surface area (Å²) in [7, 11) is 0. The highest BCUT2D eigenvalue weighted by Crippen LogP contribution is 2.36. The van der Waals surface area contributed by atoms with Gasteiger partial charge < -0.3 is 49.2 Å². The standard InChI is InChI=1S/C22H30O10/c1-2-6-12-15(24)16(25)19(13(9-23)29-12)32-22-18(27)17(26)20-14(30-22)10-28-21(31-20)11-7-4-3-5-8-11/h2-5,7-8,12-27H,1,6,9-10H2/t12-,13-,14-,15+,16-,17-,18-,19-,20+,21+,22+/m1/s1. The first kappa shape index (κ1) is 23.7. The maximum atomic E-state index is 10.7. The molecular weight excluding hydrogens is 424 g/mol. The number of rotatable bonds is 6. The molecule has 10 nitrogen and oxygen atoms in total. The molecule has 5 N–H and O–H groups in total. The van der Waals surface area contributed by atoms with Crippen LogP contribution in [0.1, 0.15) is 18.3 Å². The molecule has 178 valence electrons. The highest BCUT2D eigenvalue weighted by molar-refractivity contribution is 5.16. The Morgan fingerprint density at radius 3 is 2.38 bits per heavy atom. The van der Waals surface area contributed by atoms with Crippen molar-refractivity contribution < 1.29 is 49.2 Å². The van der Waals surface area contributed by atoms with Gasteiger partial charge in [0.1, 0.15) is 48.8 Å². The number of benzene rings is 1. The molecule has 0 unspecified atom stereocenters. The van der Waals surface area contributed by atoms with E-state index in [2.05, 4.69) is 6.58 Å². The summed E-state index contributed by atoms with van der Waals surface area (Å²) < 4.78 is 28.7. The Kier molecular flexibility index (Phi) is 7.58. The van der Waals surface area contributed by atoms with E-state index in [0.717, 1.165) is 5.56 Å². The molecule has 3 saturated heterocycles. The summed E-state index contributed by atoms with van der Waals surface area (Å²) in [6.45, 7) is 3.17. The lowest BCUT2D eigenvalue weighted by Gasteiger charge is -2.48. The van der Waals surface area contributed by atoms with E-state index in [4.69, 9.17) is 23.7 Å². The van der Waals surface area contributed by atoms with Crippen molar-refractivity contribution in [2.24, 2.45) is 0 Å². The second-order valence-electron chi connectivity index (χ2n) is 8.20. The Morgan fingerprint density at radius 2 is 1.69 bits per heavy atom. The first-order valence-electron chi connectivity index (χ1n) is 10.7. The van der Waals surface area contributed by atoms with Gasteiger partial charge in [0.25, 0.3) is 0 Å². The summed E-state index contributed by atoms with van der Waals surface area (Å²) >= 11 is 0. The molecule has 0 aliphatic carbocycles. The van der Waals surface area contributed by atoms with Crippen LogP contribution < -0.4 is 0 Å². The number of fused-ring (bicyclic) bond motifs is 1. The van der Waals surface area contributed by atoms with Crippen LogP contribution in [-0.2, 0) is 23.7 Å². The molecule has 0 radical (unpaired) electrons. The van der Waals surface area contributed by atoms with Gasteiger partial charge in [-0.1, -0.05) is 36.4 Å². The zero-order valence-electron chi connectivity index (χ0n) is 17.4. The van der Waals surface area contributed by atoms with E-state index in [1.165, 1.54) is 6.08 Å². The van der Waals surface area contributed by atoms with E-state index in [9.17, 15) is 25.5 Å². The van der Waals surface area contributed by atoms with Crippen LogP contribution >= 0.6 is 0 Å². The number of aliphatic hydroxyl groups excluding tert-OH is 5. The fourth-order valence-electron chi connectivity index (χ4n) is 4.32. The van der Waals surface area contributed by atoms with Crippen molar-refractivity contribution in [3.63, 3.8) is 0 Å². The average molecular weight is 454 g/mol. The molecule has 3 fully saturated rings. The first-order valence-corrected chi connectivity index (χ1v) is 10.7. The lowest BCUT2D eigenvalue weighted by molar-refractivity contribution is -0.379. The fraction of sp³-hybridized carbons (Fsp3) is 0.636. The third-order valence-electron chi connectivity index (χ3n) is 6.06. The van der Waals surface area contributed by atoms with Crippen LogP contribution in [0.2, 0.25) is 0 Å². The number of aliphatic hydroxyl groups is 5. The van der Waals surface area contributed by atoms with Crippen LogP contribution in [-0.4, -0.2) is 100.0 Å². The van der Waals surface area contributed by atoms with Gasteiger partial charge in [-0.15, -0.1) is 6.58 Å². The first-order chi connectivity index (χ1) is 15.4. The van der Waals surface area contributed by atoms with Crippen molar-refractivity contribution >= 4 is 0 Å². The van der Waals surface area contributed by atoms with Gasteiger partial charge >= 0.3 is 0 Å². The van der Waals surface area contributed by atoms with Crippen LogP contribution in [0.25, 0.3) is 0 Å². The molecule has 0 amide bonds. The molecular formula is C22H30O10. The van der Waals surface area contributed by atoms with E-state index < -0.39 is 74.1 Å². The molecule has 4 rings (SSSR count). The van der Waals surface area contributed by atoms with Gasteiger partial charge in [0.15, 0.2) is 12.6 Å². The van der Waals surface area contributed by atoms with Gasteiger partial charge in [-0.2, -0.15) is 0 Å². The molecule has 0 aromatic heterocycles. The molecule has 0 saturated carbocycles. The minimum Gasteiger partial charge on any atom is -0.394 e. The largest absolute Gasteiger partial charge is 0.394 e. The average Bonchev–Trinajstić information content (AvgIpc) is 2.82. The molecule has 11 atom stereocenters. The number of hydrogen-bond acceptors (Lipinski definition) is 10. The third kappa shape index (κ3) is 4.62. The van der Waals surface area contributed by atoms with Crippen LogP contribution in [0.5, 0.6) is 0 Å². The van der Waals surface area contributed by atoms with E-state index in [-0.39, 0.29) is 13.0 Å². The highest BCUT2D eigenvalue weighted by atomic mass is 16.8. The van der Waals surface area contributed by atoms with Gasteiger partial charge in [0.05, 0.1) is 19.3 Å². The summed E-state index contributed by atoms with van der Waals surface area (Å²) in [5.41, 5.74) is 0.766. The Bertz CT molecular complexity index is 743. The normalized spacial score (nSPS) is 44.6. The molecule has 32 heavy (non-hydrogen) atoms. The van der Waals surface area contributed by atoms with Crippen LogP contribution in [0.3, 0.4) is 0 Å². The quantitative estimate of drug-likeness (QED) is 0.339. The zero-order valence-corrected chi connectivity index (χ0v) is 17.4. The smallest absolute Gasteiger partial charge is 0.187 e. The lowest BCUT2D eigenvalue weighted by Crippen LogP contribution is -2.65. The number of hydrogen-bond donors (Lipinski definition) is 5. The maximum absolute atomic E-state index is 10.7. The van der Waals surface area contributed by atoms with Crippen molar-refractivity contribution in [3.8, 4) is 0 Å². The summed E-state index contributed by atoms with van der Waals surface area (Å²) in [5, 5.41) is 51.9. The Balaban J connectivity index is 1.43. The second-order valence-corrected chi connectivity index (χ2v) is 8.20. The van der Waals surface area contributed by atoms with Crippen molar-refractivity contribution in [2.45, 2.75) is 73.9 Å². The summed E-state index contributed by atoms with van der Waals surface area (Å²) in [6.07, 6.45) is -10.4. The molecule has 1 aromatic rings. The molecule has 3 aliphatic heterocycles. The van der Waals surface area contributed by atoms with Crippen LogP contribution in [0.15, 0.2) is 43.0 Å². The molecule has 10 heteroatoms. The highest BCUT2D eigenvalue weighted by Gasteiger charge is 2.52. The second kappa shape index (κ2) is 10.2. The molecule has 1 aromatic carbocycles. The monoisotopic (exact) mass is 454 g/mol. The van der Waals surface area contributed by atoms with Crippen molar-refractivity contribution in [3.05, 3.63) is 48.6 Å². The maximum Gasteiger partial charge on any atom is 0.187 e. The van der Waals surface area contributed by atoms with Crippen molar-refractivity contribution in [1.82, 2.24) is 0 Å². The number of ether oxygens (including phenoxy) is 5. The minimum atomic E-state index is -1.51. The summed E-state index contributed by atoms with van der Waals surface area (Å²) in [5.74, 6) is 0. The van der Waals surface area contributed by atoms with Gasteiger partial charge in [0, 0.05) is 5.56 Å². The SMILES string of the molecule is C=CC[C@H]1O[C@H](CO)[C@@H](O[C@@H]2O[C@@H]3CO[C@H](c4ccccc4)O[C@@H]3[C@H](O)[C@H]2O)[C@H](O)[C@H]1O. The van der Waals surface area contributed by atoms with Crippen molar-refractivity contribution in [2.75, 3.05) is 13.2 Å². The molecule has 0 spiro atoms. The van der Waals surface area contributed by atoms with Gasteiger partial charge in [-0.25, -0.2) is 0 Å². The Hall–Kier alpha value is -1.44. The van der Waals surface area contributed by atoms with Gasteiger partial charge in [-0.05, 0) is 6.42 Å². The fourth-order valence-corrected chi connectivity index (χ4v) is 4.32. The van der Waals surface area contributed by atoms with E-state index >= 15 is 0 Å². The predicted octanol–water partition coefficient (Wildman–Crippen LogP) is -1.01. The molecule has 3 heterocycles. The van der Waals surface area contributed by atoms with Crippen LogP contribution in [0, 0.1) is 0 Å². The predicted molar refractivity (Wildman–Crippen MR) is 108 cm³/mol. The lowest BCUT2D eigenvalue weighted by atomic mass is 9.93. The van der Waals surface area contributed by atoms with E-state index in [1.807, 2.05) is 30.3 Å². The topological polar surface area (TPSA) is 147 Å². The third-order valence-corrected chi connectivity index (χ3v) is 6.06. The van der Waals surface area contributed by atoms with E-state index in [1.54, 1.807) is 0 Å². The van der Waals surface area contributed by atoms with Crippen LogP contribution in [0.4, 0.5) is 0 Å². The summed E-state index contributed by atoms with van der Waals surface area (Å²) in [6, 6.07) is 9.19. The van der Waals surface area contributed by atoms with E-state index in [0.29, 0.717) is 0 Å². The zero-order chi connectivity index (χ0) is 22.8. The van der Waals surface area contributed by atoms with Crippen molar-refractivity contribution in [1.29, 1.82) is 0 Å². The van der Waals surface area contributed by atoms with Gasteiger partial charge in [0.2, 0.25) is 0 Å². The molecule has 0 bridgehead atoms. The minimum absolute atomic E-state index is 0.0745. The Labute approximate surface area is 185 Å². The summed E-state index contributed by atoms with van der Waals surface area (Å²) in [4.78, 5) is 0. The van der Waals surface area contributed by atoms with Gasteiger partial charge in [-0.3, -0.25) is 0 Å². The molecule has 3 aliphatic rings. The Morgan fingerprint density at radius 1 is 0.938 bits per heavy atom.